The van der Waals surface area contributed by atoms with Gasteiger partial charge in [0.1, 0.15) is 0 Å². The van der Waals surface area contributed by atoms with E-state index in [2.05, 4.69) is 10.4 Å². The Balaban J connectivity index is 2.03. The fourth-order valence-corrected chi connectivity index (χ4v) is 2.25. The van der Waals surface area contributed by atoms with Crippen LogP contribution in [0.1, 0.15) is 13.8 Å². The molecule has 0 bridgehead atoms. The molecule has 118 valence electrons. The van der Waals surface area contributed by atoms with Crippen molar-refractivity contribution in [3.05, 3.63) is 35.2 Å². The number of likely N-dealkylation sites (N-methyl/N-ethyl adjacent to an activating group) is 1. The highest BCUT2D eigenvalue weighted by atomic mass is 32.1. The van der Waals surface area contributed by atoms with Crippen molar-refractivity contribution in [2.24, 2.45) is 0 Å². The zero-order valence-corrected chi connectivity index (χ0v) is 13.8. The molecule has 0 radical (unpaired) electrons. The molecule has 2 aromatic rings. The van der Waals surface area contributed by atoms with Crippen molar-refractivity contribution in [1.29, 1.82) is 0 Å². The SMILES string of the molecule is CC(C)NC(=O)C[NH+](C)Cn1nc(-c2ccccc2)oc1=S. The summed E-state index contributed by atoms with van der Waals surface area (Å²) in [7, 11) is 1.92. The fourth-order valence-electron chi connectivity index (χ4n) is 2.06. The summed E-state index contributed by atoms with van der Waals surface area (Å²) in [6.07, 6.45) is 0. The Morgan fingerprint density at radius 2 is 2.09 bits per heavy atom. The average molecular weight is 321 g/mol. The van der Waals surface area contributed by atoms with E-state index in [1.807, 2.05) is 51.2 Å². The van der Waals surface area contributed by atoms with E-state index >= 15 is 0 Å². The second kappa shape index (κ2) is 7.33. The number of amides is 1. The van der Waals surface area contributed by atoms with Gasteiger partial charge in [-0.05, 0) is 38.2 Å². The van der Waals surface area contributed by atoms with Crippen molar-refractivity contribution in [3.63, 3.8) is 0 Å². The summed E-state index contributed by atoms with van der Waals surface area (Å²) in [6.45, 7) is 4.70. The third-order valence-electron chi connectivity index (χ3n) is 2.96. The minimum atomic E-state index is 0.00537. The lowest BCUT2D eigenvalue weighted by molar-refractivity contribution is -0.895. The van der Waals surface area contributed by atoms with Crippen LogP contribution in [0.5, 0.6) is 0 Å². The van der Waals surface area contributed by atoms with Gasteiger partial charge in [0.15, 0.2) is 13.2 Å². The fraction of sp³-hybridized carbons (Fsp3) is 0.400. The lowest BCUT2D eigenvalue weighted by atomic mass is 10.2. The van der Waals surface area contributed by atoms with Crippen LogP contribution in [0.3, 0.4) is 0 Å². The number of carbonyl (C=O) groups excluding carboxylic acids is 1. The molecule has 6 nitrogen and oxygen atoms in total. The van der Waals surface area contributed by atoms with E-state index in [0.717, 1.165) is 10.5 Å². The van der Waals surface area contributed by atoms with E-state index in [4.69, 9.17) is 16.6 Å². The van der Waals surface area contributed by atoms with E-state index in [9.17, 15) is 4.79 Å². The molecule has 1 heterocycles. The predicted octanol–water partition coefficient (Wildman–Crippen LogP) is 0.869. The van der Waals surface area contributed by atoms with Crippen LogP contribution in [0.4, 0.5) is 0 Å². The number of carbonyl (C=O) groups is 1. The molecule has 1 aromatic heterocycles. The van der Waals surface area contributed by atoms with Crippen LogP contribution in [0.25, 0.3) is 11.5 Å². The molecular weight excluding hydrogens is 300 g/mol. The number of nitrogens with one attached hydrogen (secondary N) is 2. The number of hydrogen-bond donors (Lipinski definition) is 2. The molecule has 1 unspecified atom stereocenters. The monoisotopic (exact) mass is 321 g/mol. The number of hydrogen-bond acceptors (Lipinski definition) is 4. The van der Waals surface area contributed by atoms with Gasteiger partial charge in [0.2, 0.25) is 5.89 Å². The van der Waals surface area contributed by atoms with Crippen LogP contribution >= 0.6 is 12.2 Å². The molecule has 0 fully saturated rings. The summed E-state index contributed by atoms with van der Waals surface area (Å²) in [6, 6.07) is 9.73. The van der Waals surface area contributed by atoms with Gasteiger partial charge in [0, 0.05) is 11.6 Å². The van der Waals surface area contributed by atoms with Crippen molar-refractivity contribution >= 4 is 18.1 Å². The molecule has 7 heteroatoms. The maximum atomic E-state index is 11.8. The highest BCUT2D eigenvalue weighted by molar-refractivity contribution is 7.71. The highest BCUT2D eigenvalue weighted by Gasteiger charge is 2.14. The molecule has 0 aliphatic carbocycles. The Hall–Kier alpha value is -1.99. The van der Waals surface area contributed by atoms with Crippen LogP contribution < -0.4 is 10.2 Å². The van der Waals surface area contributed by atoms with Gasteiger partial charge in [0.05, 0.1) is 7.05 Å². The molecule has 0 saturated heterocycles. The van der Waals surface area contributed by atoms with Gasteiger partial charge in [-0.25, -0.2) is 0 Å². The third kappa shape index (κ3) is 4.51. The normalized spacial score (nSPS) is 12.4. The van der Waals surface area contributed by atoms with Crippen LogP contribution in [0.2, 0.25) is 0 Å². The van der Waals surface area contributed by atoms with Gasteiger partial charge in [-0.3, -0.25) is 4.79 Å². The molecule has 0 spiro atoms. The molecule has 1 aromatic carbocycles. The van der Waals surface area contributed by atoms with E-state index in [0.29, 0.717) is 23.9 Å². The Morgan fingerprint density at radius 3 is 2.73 bits per heavy atom. The molecular formula is C15H21N4O2S+. The van der Waals surface area contributed by atoms with Crippen molar-refractivity contribution < 1.29 is 14.1 Å². The topological polar surface area (TPSA) is 64.5 Å². The van der Waals surface area contributed by atoms with Crippen LogP contribution in [0.15, 0.2) is 34.7 Å². The number of nitrogens with zero attached hydrogens (tertiary/aromatic N) is 2. The highest BCUT2D eigenvalue weighted by Crippen LogP contribution is 2.16. The van der Waals surface area contributed by atoms with E-state index in [-0.39, 0.29) is 11.9 Å². The molecule has 0 aliphatic rings. The Kier molecular flexibility index (Phi) is 5.46. The Bertz CT molecular complexity index is 678. The van der Waals surface area contributed by atoms with Crippen molar-refractivity contribution in [1.82, 2.24) is 15.1 Å². The number of rotatable bonds is 6. The summed E-state index contributed by atoms with van der Waals surface area (Å²) in [5.74, 6) is 0.496. The van der Waals surface area contributed by atoms with E-state index in [1.165, 1.54) is 0 Å². The second-order valence-electron chi connectivity index (χ2n) is 5.55. The van der Waals surface area contributed by atoms with Crippen LogP contribution in [0, 0.1) is 4.84 Å². The summed E-state index contributed by atoms with van der Waals surface area (Å²) >= 11 is 5.19. The summed E-state index contributed by atoms with van der Waals surface area (Å²) < 4.78 is 7.13. The average Bonchev–Trinajstić information content (AvgIpc) is 2.80. The number of quaternary nitrogens is 1. The minimum absolute atomic E-state index is 0.00537. The Morgan fingerprint density at radius 1 is 1.41 bits per heavy atom. The zero-order valence-electron chi connectivity index (χ0n) is 13.0. The van der Waals surface area contributed by atoms with E-state index < -0.39 is 0 Å². The lowest BCUT2D eigenvalue weighted by Gasteiger charge is -2.14. The maximum Gasteiger partial charge on any atom is 0.292 e. The predicted molar refractivity (Wildman–Crippen MR) is 85.8 cm³/mol. The standard InChI is InChI=1S/C15H20N4O2S/c1-11(2)16-13(20)9-18(3)10-19-15(22)21-14(17-19)12-7-5-4-6-8-12/h4-8,11H,9-10H2,1-3H3,(H,16,20)/p+1. The first kappa shape index (κ1) is 16.4. The number of aromatic nitrogens is 2. The van der Waals surface area contributed by atoms with Crippen LogP contribution in [-0.4, -0.2) is 35.3 Å². The summed E-state index contributed by atoms with van der Waals surface area (Å²) in [5.41, 5.74) is 0.877. The molecule has 0 aliphatic heterocycles. The lowest BCUT2D eigenvalue weighted by Crippen LogP contribution is -3.09. The van der Waals surface area contributed by atoms with Gasteiger partial charge < -0.3 is 14.6 Å². The van der Waals surface area contributed by atoms with Gasteiger partial charge in [-0.15, -0.1) is 5.10 Å². The number of benzene rings is 1. The summed E-state index contributed by atoms with van der Waals surface area (Å²) in [5, 5.41) is 7.25. The molecule has 1 amide bonds. The van der Waals surface area contributed by atoms with Gasteiger partial charge in [0.25, 0.3) is 10.7 Å². The van der Waals surface area contributed by atoms with Gasteiger partial charge >= 0.3 is 0 Å². The molecule has 2 rings (SSSR count). The first-order chi connectivity index (χ1) is 10.5. The van der Waals surface area contributed by atoms with Crippen molar-refractivity contribution in [2.45, 2.75) is 26.6 Å². The van der Waals surface area contributed by atoms with Crippen LogP contribution in [-0.2, 0) is 11.5 Å². The quantitative estimate of drug-likeness (QED) is 0.775. The van der Waals surface area contributed by atoms with Crippen molar-refractivity contribution in [3.8, 4) is 11.5 Å². The molecule has 2 N–H and O–H groups in total. The van der Waals surface area contributed by atoms with Gasteiger partial charge in [-0.2, -0.15) is 4.68 Å². The molecule has 22 heavy (non-hydrogen) atoms. The zero-order chi connectivity index (χ0) is 16.1. The second-order valence-corrected chi connectivity index (χ2v) is 5.90. The Labute approximate surface area is 134 Å². The smallest absolute Gasteiger partial charge is 0.292 e. The summed E-state index contributed by atoms with van der Waals surface area (Å²) in [4.78, 5) is 13.0. The first-order valence-electron chi connectivity index (χ1n) is 7.19. The van der Waals surface area contributed by atoms with E-state index in [1.54, 1.807) is 4.68 Å². The minimum Gasteiger partial charge on any atom is -0.409 e. The third-order valence-corrected chi connectivity index (χ3v) is 3.25. The van der Waals surface area contributed by atoms with Crippen molar-refractivity contribution in [2.75, 3.05) is 13.6 Å². The van der Waals surface area contributed by atoms with Gasteiger partial charge in [-0.1, -0.05) is 18.2 Å². The largest absolute Gasteiger partial charge is 0.409 e. The maximum absolute atomic E-state index is 11.8. The molecule has 0 saturated carbocycles. The first-order valence-corrected chi connectivity index (χ1v) is 7.60. The molecule has 1 atom stereocenters.